The van der Waals surface area contributed by atoms with E-state index in [1.165, 1.54) is 0 Å². The summed E-state index contributed by atoms with van der Waals surface area (Å²) >= 11 is 0. The van der Waals surface area contributed by atoms with Crippen LogP contribution in [-0.2, 0) is 14.3 Å². The van der Waals surface area contributed by atoms with Crippen LogP contribution in [0.5, 0.6) is 0 Å². The van der Waals surface area contributed by atoms with E-state index in [0.29, 0.717) is 0 Å². The Morgan fingerprint density at radius 1 is 1.12 bits per heavy atom. The van der Waals surface area contributed by atoms with Crippen LogP contribution >= 0.6 is 0 Å². The van der Waals surface area contributed by atoms with Gasteiger partial charge in [0.1, 0.15) is 18.3 Å². The predicted molar refractivity (Wildman–Crippen MR) is 47.9 cm³/mol. The largest absolute Gasteiger partial charge is 0.394 e. The van der Waals surface area contributed by atoms with Gasteiger partial charge < -0.3 is 30.3 Å². The molecule has 0 aliphatic rings. The lowest BCUT2D eigenvalue weighted by Crippen LogP contribution is -2.49. The van der Waals surface area contributed by atoms with Crippen molar-refractivity contribution in [2.75, 3.05) is 6.61 Å². The first kappa shape index (κ1) is 14.9. The van der Waals surface area contributed by atoms with E-state index in [0.717, 1.165) is 6.92 Å². The second-order valence-electron chi connectivity index (χ2n) is 3.09. The van der Waals surface area contributed by atoms with Crippen molar-refractivity contribution < 1.29 is 39.9 Å². The van der Waals surface area contributed by atoms with Crippen LogP contribution < -0.4 is 0 Å². The van der Waals surface area contributed by atoms with Gasteiger partial charge >= 0.3 is 11.9 Å². The van der Waals surface area contributed by atoms with Gasteiger partial charge in [-0.3, -0.25) is 4.79 Å². The molecule has 0 amide bonds. The zero-order valence-electron chi connectivity index (χ0n) is 8.48. The standard InChI is InChI=1S/C8H14O8/c1-3(10)16-8(15)7(14)6(13)5(12)4(11)2-9/h4-7,9,11-14H,2H2,1H3. The van der Waals surface area contributed by atoms with Crippen LogP contribution in [0.4, 0.5) is 0 Å². The van der Waals surface area contributed by atoms with Crippen molar-refractivity contribution in [3.8, 4) is 0 Å². The van der Waals surface area contributed by atoms with Gasteiger partial charge in [0, 0.05) is 6.92 Å². The summed E-state index contributed by atoms with van der Waals surface area (Å²) in [5.41, 5.74) is 0. The van der Waals surface area contributed by atoms with Crippen molar-refractivity contribution >= 4 is 11.9 Å². The first-order chi connectivity index (χ1) is 7.31. The number of carbonyl (C=O) groups excluding carboxylic acids is 2. The van der Waals surface area contributed by atoms with Crippen molar-refractivity contribution in [3.05, 3.63) is 0 Å². The van der Waals surface area contributed by atoms with E-state index in [1.54, 1.807) is 0 Å². The zero-order chi connectivity index (χ0) is 12.9. The summed E-state index contributed by atoms with van der Waals surface area (Å²) in [5.74, 6) is -2.45. The second kappa shape index (κ2) is 6.51. The summed E-state index contributed by atoms with van der Waals surface area (Å²) in [5, 5.41) is 44.8. The molecule has 0 aromatic heterocycles. The van der Waals surface area contributed by atoms with Gasteiger partial charge in [-0.15, -0.1) is 0 Å². The van der Waals surface area contributed by atoms with Crippen LogP contribution in [0.15, 0.2) is 0 Å². The Balaban J connectivity index is 4.42. The minimum atomic E-state index is -2.19. The fourth-order valence-corrected chi connectivity index (χ4v) is 0.864. The number of carbonyl (C=O) groups is 2. The van der Waals surface area contributed by atoms with Gasteiger partial charge in [0.25, 0.3) is 0 Å². The Hall–Kier alpha value is -1.06. The number of ether oxygens (including phenoxy) is 1. The van der Waals surface area contributed by atoms with E-state index < -0.39 is 43.0 Å². The Kier molecular flexibility index (Phi) is 6.08. The molecule has 0 saturated carbocycles. The number of rotatable bonds is 5. The van der Waals surface area contributed by atoms with E-state index in [9.17, 15) is 14.7 Å². The molecule has 0 bridgehead atoms. The van der Waals surface area contributed by atoms with Gasteiger partial charge in [-0.2, -0.15) is 0 Å². The molecule has 0 aliphatic carbocycles. The molecule has 0 aromatic carbocycles. The number of hydrogen-bond acceptors (Lipinski definition) is 8. The average Bonchev–Trinajstić information content (AvgIpc) is 2.23. The minimum Gasteiger partial charge on any atom is -0.394 e. The first-order valence-electron chi connectivity index (χ1n) is 4.36. The highest BCUT2D eigenvalue weighted by molar-refractivity contribution is 5.87. The molecule has 94 valence electrons. The molecule has 0 heterocycles. The highest BCUT2D eigenvalue weighted by Crippen LogP contribution is 2.06. The zero-order valence-corrected chi connectivity index (χ0v) is 8.48. The molecule has 0 aliphatic heterocycles. The number of esters is 2. The van der Waals surface area contributed by atoms with E-state index in [-0.39, 0.29) is 0 Å². The smallest absolute Gasteiger partial charge is 0.345 e. The number of aliphatic hydroxyl groups is 5. The molecule has 0 aromatic rings. The maximum atomic E-state index is 10.9. The summed E-state index contributed by atoms with van der Waals surface area (Å²) < 4.78 is 3.95. The lowest BCUT2D eigenvalue weighted by atomic mass is 10.0. The monoisotopic (exact) mass is 238 g/mol. The Morgan fingerprint density at radius 2 is 1.62 bits per heavy atom. The second-order valence-corrected chi connectivity index (χ2v) is 3.09. The molecular weight excluding hydrogens is 224 g/mol. The Morgan fingerprint density at radius 3 is 2.00 bits per heavy atom. The number of aliphatic hydroxyl groups excluding tert-OH is 5. The first-order valence-corrected chi connectivity index (χ1v) is 4.36. The third kappa shape index (κ3) is 4.21. The van der Waals surface area contributed by atoms with Crippen LogP contribution in [0.3, 0.4) is 0 Å². The number of hydrogen-bond donors (Lipinski definition) is 5. The maximum absolute atomic E-state index is 10.9. The molecule has 0 spiro atoms. The van der Waals surface area contributed by atoms with Crippen molar-refractivity contribution in [1.82, 2.24) is 0 Å². The minimum absolute atomic E-state index is 0.868. The molecule has 0 saturated heterocycles. The molecule has 16 heavy (non-hydrogen) atoms. The van der Waals surface area contributed by atoms with Crippen molar-refractivity contribution in [2.45, 2.75) is 31.3 Å². The third-order valence-electron chi connectivity index (χ3n) is 1.74. The Bertz CT molecular complexity index is 252. The fourth-order valence-electron chi connectivity index (χ4n) is 0.864. The van der Waals surface area contributed by atoms with Crippen LogP contribution in [0.25, 0.3) is 0 Å². The fraction of sp³-hybridized carbons (Fsp3) is 0.750. The molecule has 8 nitrogen and oxygen atoms in total. The summed E-state index contributed by atoms with van der Waals surface area (Å²) in [7, 11) is 0. The molecule has 8 heteroatoms. The van der Waals surface area contributed by atoms with E-state index in [4.69, 9.17) is 20.4 Å². The Labute approximate surface area is 90.7 Å². The summed E-state index contributed by atoms with van der Waals surface area (Å²) in [6, 6.07) is 0. The molecule has 0 fully saturated rings. The third-order valence-corrected chi connectivity index (χ3v) is 1.74. The lowest BCUT2D eigenvalue weighted by molar-refractivity contribution is -0.175. The van der Waals surface area contributed by atoms with Crippen LogP contribution in [0, 0.1) is 0 Å². The van der Waals surface area contributed by atoms with Crippen LogP contribution in [0.2, 0.25) is 0 Å². The molecule has 5 N–H and O–H groups in total. The van der Waals surface area contributed by atoms with E-state index in [1.807, 2.05) is 0 Å². The lowest BCUT2D eigenvalue weighted by Gasteiger charge is -2.23. The normalized spacial score (nSPS) is 18.4. The molecule has 4 atom stereocenters. The molecular formula is C8H14O8. The highest BCUT2D eigenvalue weighted by atomic mass is 16.6. The van der Waals surface area contributed by atoms with Gasteiger partial charge in [-0.05, 0) is 0 Å². The van der Waals surface area contributed by atoms with Gasteiger partial charge in [0.05, 0.1) is 6.61 Å². The SMILES string of the molecule is CC(=O)OC(=O)C(O)C(O)C(O)C(O)CO. The van der Waals surface area contributed by atoms with Crippen molar-refractivity contribution in [2.24, 2.45) is 0 Å². The van der Waals surface area contributed by atoms with Gasteiger partial charge in [0.2, 0.25) is 0 Å². The summed E-state index contributed by atoms with van der Waals surface area (Å²) in [4.78, 5) is 21.3. The van der Waals surface area contributed by atoms with Crippen LogP contribution in [0.1, 0.15) is 6.92 Å². The van der Waals surface area contributed by atoms with Crippen molar-refractivity contribution in [1.29, 1.82) is 0 Å². The topological polar surface area (TPSA) is 145 Å². The molecule has 0 rings (SSSR count). The predicted octanol–water partition coefficient (Wildman–Crippen LogP) is -3.49. The van der Waals surface area contributed by atoms with Gasteiger partial charge in [0.15, 0.2) is 6.10 Å². The van der Waals surface area contributed by atoms with Crippen molar-refractivity contribution in [3.63, 3.8) is 0 Å². The van der Waals surface area contributed by atoms with Gasteiger partial charge in [-0.1, -0.05) is 0 Å². The maximum Gasteiger partial charge on any atom is 0.345 e. The summed E-state index contributed by atoms with van der Waals surface area (Å²) in [6.07, 6.45) is -7.94. The highest BCUT2D eigenvalue weighted by Gasteiger charge is 2.35. The van der Waals surface area contributed by atoms with E-state index >= 15 is 0 Å². The quantitative estimate of drug-likeness (QED) is 0.245. The van der Waals surface area contributed by atoms with Gasteiger partial charge in [-0.25, -0.2) is 4.79 Å². The van der Waals surface area contributed by atoms with E-state index in [2.05, 4.69) is 4.74 Å². The van der Waals surface area contributed by atoms with Crippen LogP contribution in [-0.4, -0.2) is 68.5 Å². The summed E-state index contributed by atoms with van der Waals surface area (Å²) in [6.45, 7) is 0.0443. The average molecular weight is 238 g/mol. The molecule has 0 radical (unpaired) electrons. The molecule has 4 unspecified atom stereocenters.